The summed E-state index contributed by atoms with van der Waals surface area (Å²) in [6, 6.07) is 2.11. The highest BCUT2D eigenvalue weighted by Gasteiger charge is 2.14. The van der Waals surface area contributed by atoms with E-state index in [0.29, 0.717) is 19.1 Å². The Morgan fingerprint density at radius 3 is 2.44 bits per heavy atom. The van der Waals surface area contributed by atoms with Gasteiger partial charge in [0.1, 0.15) is 0 Å². The number of rotatable bonds is 11. The number of hydrogen-bond acceptors (Lipinski definition) is 4. The molecule has 1 fully saturated rings. The lowest BCUT2D eigenvalue weighted by Crippen LogP contribution is -2.09. The van der Waals surface area contributed by atoms with Crippen LogP contribution in [0.5, 0.6) is 0 Å². The van der Waals surface area contributed by atoms with Gasteiger partial charge in [0.25, 0.3) is 0 Å². The van der Waals surface area contributed by atoms with Gasteiger partial charge in [-0.2, -0.15) is 5.26 Å². The van der Waals surface area contributed by atoms with Crippen molar-refractivity contribution in [1.29, 1.82) is 5.26 Å². The normalized spacial score (nSPS) is 18.9. The van der Waals surface area contributed by atoms with Gasteiger partial charge in [0, 0.05) is 39.5 Å². The van der Waals surface area contributed by atoms with Crippen molar-refractivity contribution in [2.75, 3.05) is 33.0 Å². The zero-order chi connectivity index (χ0) is 12.9. The van der Waals surface area contributed by atoms with Crippen LogP contribution in [0.2, 0.25) is 0 Å². The predicted octanol–water partition coefficient (Wildman–Crippen LogP) is 2.67. The molecule has 1 aliphatic rings. The molecule has 0 amide bonds. The van der Waals surface area contributed by atoms with Gasteiger partial charge < -0.3 is 14.2 Å². The minimum Gasteiger partial charge on any atom is -0.381 e. The van der Waals surface area contributed by atoms with Crippen molar-refractivity contribution in [3.8, 4) is 6.07 Å². The van der Waals surface area contributed by atoms with Gasteiger partial charge in [0.2, 0.25) is 0 Å². The van der Waals surface area contributed by atoms with E-state index in [1.165, 1.54) is 12.8 Å². The average molecular weight is 255 g/mol. The number of nitrogens with zero attached hydrogens (tertiary/aromatic N) is 1. The molecule has 1 heterocycles. The van der Waals surface area contributed by atoms with Gasteiger partial charge in [-0.25, -0.2) is 0 Å². The molecule has 0 radical (unpaired) electrons. The van der Waals surface area contributed by atoms with Crippen LogP contribution in [0.25, 0.3) is 0 Å². The van der Waals surface area contributed by atoms with Crippen LogP contribution in [-0.2, 0) is 14.2 Å². The van der Waals surface area contributed by atoms with Crippen LogP contribution in [0.4, 0.5) is 0 Å². The average Bonchev–Trinajstić information content (AvgIpc) is 2.89. The molecule has 4 heteroatoms. The number of nitriles is 1. The summed E-state index contributed by atoms with van der Waals surface area (Å²) in [5.74, 6) is 0. The Bertz CT molecular complexity index is 222. The molecule has 104 valence electrons. The first-order valence-corrected chi connectivity index (χ1v) is 7.07. The van der Waals surface area contributed by atoms with Crippen LogP contribution in [-0.4, -0.2) is 39.1 Å². The van der Waals surface area contributed by atoms with Crippen LogP contribution in [0.1, 0.15) is 44.9 Å². The fraction of sp³-hybridized carbons (Fsp3) is 0.929. The number of ether oxygens (including phenoxy) is 3. The van der Waals surface area contributed by atoms with Crippen molar-refractivity contribution in [2.24, 2.45) is 0 Å². The third-order valence-corrected chi connectivity index (χ3v) is 3.01. The molecule has 0 aliphatic carbocycles. The summed E-state index contributed by atoms with van der Waals surface area (Å²) in [5.41, 5.74) is 0. The summed E-state index contributed by atoms with van der Waals surface area (Å²) < 4.78 is 16.5. The van der Waals surface area contributed by atoms with Gasteiger partial charge in [-0.15, -0.1) is 0 Å². The Labute approximate surface area is 110 Å². The van der Waals surface area contributed by atoms with Gasteiger partial charge in [-0.3, -0.25) is 0 Å². The Hall–Kier alpha value is -0.630. The minimum absolute atomic E-state index is 0.438. The maximum Gasteiger partial charge on any atom is 0.0622 e. The lowest BCUT2D eigenvalue weighted by Gasteiger charge is -2.09. The molecular formula is C14H25NO3. The maximum absolute atomic E-state index is 8.34. The van der Waals surface area contributed by atoms with E-state index >= 15 is 0 Å². The first-order chi connectivity index (χ1) is 8.93. The standard InChI is InChI=1S/C14H25NO3/c15-8-1-2-9-16-10-3-4-11-17-13-7-14-6-5-12-18-14/h14H,1-7,9-13H2. The molecule has 0 aromatic heterocycles. The second kappa shape index (κ2) is 11.5. The Kier molecular flexibility index (Phi) is 9.82. The summed E-state index contributed by atoms with van der Waals surface area (Å²) in [6.07, 6.45) is 7.38. The fourth-order valence-electron chi connectivity index (χ4n) is 1.95. The van der Waals surface area contributed by atoms with Gasteiger partial charge in [-0.1, -0.05) is 0 Å². The van der Waals surface area contributed by atoms with Crippen LogP contribution < -0.4 is 0 Å². The third-order valence-electron chi connectivity index (χ3n) is 3.01. The van der Waals surface area contributed by atoms with Gasteiger partial charge in [0.15, 0.2) is 0 Å². The molecule has 1 atom stereocenters. The molecule has 0 aromatic carbocycles. The van der Waals surface area contributed by atoms with Crippen molar-refractivity contribution < 1.29 is 14.2 Å². The molecule has 0 bridgehead atoms. The number of hydrogen-bond donors (Lipinski definition) is 0. The van der Waals surface area contributed by atoms with E-state index in [-0.39, 0.29) is 0 Å². The largest absolute Gasteiger partial charge is 0.381 e. The molecule has 18 heavy (non-hydrogen) atoms. The highest BCUT2D eigenvalue weighted by atomic mass is 16.5. The van der Waals surface area contributed by atoms with Crippen LogP contribution in [0, 0.1) is 11.3 Å². The van der Waals surface area contributed by atoms with E-state index < -0.39 is 0 Å². The van der Waals surface area contributed by atoms with Gasteiger partial charge in [0.05, 0.1) is 12.2 Å². The van der Waals surface area contributed by atoms with Crippen LogP contribution in [0.3, 0.4) is 0 Å². The van der Waals surface area contributed by atoms with Crippen LogP contribution >= 0.6 is 0 Å². The van der Waals surface area contributed by atoms with E-state index in [1.54, 1.807) is 0 Å². The SMILES string of the molecule is N#CCCCOCCCCOCCC1CCCO1. The Morgan fingerprint density at radius 2 is 1.78 bits per heavy atom. The summed E-state index contributed by atoms with van der Waals surface area (Å²) in [6.45, 7) is 4.03. The molecule has 0 spiro atoms. The molecule has 1 rings (SSSR count). The van der Waals surface area contributed by atoms with Gasteiger partial charge >= 0.3 is 0 Å². The van der Waals surface area contributed by atoms with E-state index in [4.69, 9.17) is 19.5 Å². The third kappa shape index (κ3) is 8.46. The zero-order valence-electron chi connectivity index (χ0n) is 11.2. The summed E-state index contributed by atoms with van der Waals surface area (Å²) in [7, 11) is 0. The fourth-order valence-corrected chi connectivity index (χ4v) is 1.95. The molecule has 0 saturated carbocycles. The van der Waals surface area contributed by atoms with Crippen molar-refractivity contribution in [3.05, 3.63) is 0 Å². The van der Waals surface area contributed by atoms with Crippen LogP contribution in [0.15, 0.2) is 0 Å². The zero-order valence-corrected chi connectivity index (χ0v) is 11.2. The van der Waals surface area contributed by atoms with Crippen molar-refractivity contribution in [2.45, 2.75) is 51.0 Å². The maximum atomic E-state index is 8.34. The molecular weight excluding hydrogens is 230 g/mol. The molecule has 1 saturated heterocycles. The topological polar surface area (TPSA) is 51.5 Å². The smallest absolute Gasteiger partial charge is 0.0622 e. The lowest BCUT2D eigenvalue weighted by atomic mass is 10.2. The predicted molar refractivity (Wildman–Crippen MR) is 69.3 cm³/mol. The van der Waals surface area contributed by atoms with E-state index in [2.05, 4.69) is 6.07 Å². The van der Waals surface area contributed by atoms with E-state index in [9.17, 15) is 0 Å². The lowest BCUT2D eigenvalue weighted by molar-refractivity contribution is 0.0550. The molecule has 1 aliphatic heterocycles. The highest BCUT2D eigenvalue weighted by Crippen LogP contribution is 2.14. The van der Waals surface area contributed by atoms with Gasteiger partial charge in [-0.05, 0) is 38.5 Å². The molecule has 0 N–H and O–H groups in total. The first kappa shape index (κ1) is 15.4. The monoisotopic (exact) mass is 255 g/mol. The van der Waals surface area contributed by atoms with Crippen molar-refractivity contribution in [1.82, 2.24) is 0 Å². The molecule has 0 aromatic rings. The summed E-state index contributed by atoms with van der Waals surface area (Å²) in [5, 5.41) is 8.34. The quantitative estimate of drug-likeness (QED) is 0.533. The minimum atomic E-state index is 0.438. The van der Waals surface area contributed by atoms with E-state index in [0.717, 1.165) is 52.1 Å². The summed E-state index contributed by atoms with van der Waals surface area (Å²) in [4.78, 5) is 0. The second-order valence-electron chi connectivity index (χ2n) is 4.62. The molecule has 4 nitrogen and oxygen atoms in total. The first-order valence-electron chi connectivity index (χ1n) is 7.07. The second-order valence-corrected chi connectivity index (χ2v) is 4.62. The van der Waals surface area contributed by atoms with Crippen molar-refractivity contribution in [3.63, 3.8) is 0 Å². The Balaban J connectivity index is 1.69. The molecule has 1 unspecified atom stereocenters. The summed E-state index contributed by atoms with van der Waals surface area (Å²) >= 11 is 0. The Morgan fingerprint density at radius 1 is 1.06 bits per heavy atom. The van der Waals surface area contributed by atoms with E-state index in [1.807, 2.05) is 0 Å². The highest BCUT2D eigenvalue weighted by molar-refractivity contribution is 4.67. The van der Waals surface area contributed by atoms with Crippen molar-refractivity contribution >= 4 is 0 Å². The number of unbranched alkanes of at least 4 members (excludes halogenated alkanes) is 2.